The summed E-state index contributed by atoms with van der Waals surface area (Å²) in [5.41, 5.74) is 8.99. The van der Waals surface area contributed by atoms with Crippen molar-refractivity contribution in [2.45, 2.75) is 25.4 Å². The maximum atomic E-state index is 13.1. The lowest BCUT2D eigenvalue weighted by Gasteiger charge is -2.21. The van der Waals surface area contributed by atoms with Crippen molar-refractivity contribution in [1.29, 1.82) is 0 Å². The molecule has 0 aliphatic heterocycles. The molecule has 0 spiro atoms. The molecule has 2 amide bonds. The second-order valence-electron chi connectivity index (χ2n) is 8.14. The minimum absolute atomic E-state index is 0.321. The average Bonchev–Trinajstić information content (AvgIpc) is 2.92. The van der Waals surface area contributed by atoms with Gasteiger partial charge in [0.25, 0.3) is 5.91 Å². The number of amides is 2. The normalized spacial score (nSPS) is 11.5. The van der Waals surface area contributed by atoms with Gasteiger partial charge in [0.2, 0.25) is 5.91 Å². The summed E-state index contributed by atoms with van der Waals surface area (Å²) >= 11 is 0. The molecule has 176 valence electrons. The largest absolute Gasteiger partial charge is 0.481 e. The number of carbonyl (C=O) groups is 2. The molecule has 0 fully saturated rings. The fourth-order valence-corrected chi connectivity index (χ4v) is 3.91. The zero-order chi connectivity index (χ0) is 24.5. The molecule has 5 heteroatoms. The van der Waals surface area contributed by atoms with Gasteiger partial charge in [-0.05, 0) is 40.8 Å². The Balaban J connectivity index is 1.40. The number of benzene rings is 4. The van der Waals surface area contributed by atoms with E-state index in [4.69, 9.17) is 4.74 Å². The summed E-state index contributed by atoms with van der Waals surface area (Å²) in [5.74, 6) is -0.695. The van der Waals surface area contributed by atoms with E-state index in [0.717, 1.165) is 22.3 Å². The molecule has 35 heavy (non-hydrogen) atoms. The summed E-state index contributed by atoms with van der Waals surface area (Å²) in [6.07, 6.45) is -0.298. The van der Waals surface area contributed by atoms with Gasteiger partial charge in [0, 0.05) is 0 Å². The molecule has 0 aliphatic carbocycles. The fraction of sp³-hybridized carbons (Fsp3) is 0.133. The highest BCUT2D eigenvalue weighted by molar-refractivity contribution is 5.90. The molecule has 0 saturated heterocycles. The third kappa shape index (κ3) is 6.15. The van der Waals surface area contributed by atoms with Gasteiger partial charge >= 0.3 is 0 Å². The first kappa shape index (κ1) is 23.8. The first-order valence-corrected chi connectivity index (χ1v) is 11.7. The molecule has 0 heterocycles. The van der Waals surface area contributed by atoms with E-state index in [0.29, 0.717) is 12.2 Å². The molecule has 0 saturated carbocycles. The van der Waals surface area contributed by atoms with Gasteiger partial charge in [-0.3, -0.25) is 20.4 Å². The highest BCUT2D eigenvalue weighted by Crippen LogP contribution is 2.25. The van der Waals surface area contributed by atoms with Crippen molar-refractivity contribution in [3.8, 4) is 16.9 Å². The van der Waals surface area contributed by atoms with E-state index in [-0.39, 0.29) is 5.91 Å². The maximum Gasteiger partial charge on any atom is 0.279 e. The molecule has 0 aromatic heterocycles. The summed E-state index contributed by atoms with van der Waals surface area (Å²) in [6.45, 7) is 1.86. The molecule has 4 aromatic rings. The van der Waals surface area contributed by atoms with Crippen LogP contribution in [0.1, 0.15) is 30.4 Å². The third-order valence-electron chi connectivity index (χ3n) is 5.74. The van der Waals surface area contributed by atoms with Gasteiger partial charge in [0.1, 0.15) is 5.75 Å². The Morgan fingerprint density at radius 1 is 0.629 bits per heavy atom. The molecule has 4 rings (SSSR count). The van der Waals surface area contributed by atoms with Crippen LogP contribution in [0.2, 0.25) is 0 Å². The highest BCUT2D eigenvalue weighted by atomic mass is 16.5. The van der Waals surface area contributed by atoms with Crippen molar-refractivity contribution in [3.05, 3.63) is 126 Å². The predicted octanol–water partition coefficient (Wildman–Crippen LogP) is 5.49. The van der Waals surface area contributed by atoms with Crippen molar-refractivity contribution in [1.82, 2.24) is 10.9 Å². The Morgan fingerprint density at radius 2 is 1.09 bits per heavy atom. The first-order valence-electron chi connectivity index (χ1n) is 11.7. The fourth-order valence-electron chi connectivity index (χ4n) is 3.91. The maximum absolute atomic E-state index is 13.1. The topological polar surface area (TPSA) is 67.4 Å². The van der Waals surface area contributed by atoms with Gasteiger partial charge in [-0.1, -0.05) is 110 Å². The van der Waals surface area contributed by atoms with E-state index in [9.17, 15) is 9.59 Å². The predicted molar refractivity (Wildman–Crippen MR) is 138 cm³/mol. The van der Waals surface area contributed by atoms with Crippen LogP contribution in [-0.2, 0) is 9.59 Å². The van der Waals surface area contributed by atoms with Crippen LogP contribution in [0.5, 0.6) is 5.75 Å². The molecular weight excluding hydrogens is 436 g/mol. The van der Waals surface area contributed by atoms with Crippen LogP contribution in [0.3, 0.4) is 0 Å². The van der Waals surface area contributed by atoms with Gasteiger partial charge < -0.3 is 4.74 Å². The van der Waals surface area contributed by atoms with Gasteiger partial charge in [-0.2, -0.15) is 0 Å². The number of carbonyl (C=O) groups excluding carboxylic acids is 2. The lowest BCUT2D eigenvalue weighted by molar-refractivity contribution is -0.133. The van der Waals surface area contributed by atoms with E-state index in [2.05, 4.69) is 10.9 Å². The van der Waals surface area contributed by atoms with E-state index in [1.807, 2.05) is 122 Å². The van der Waals surface area contributed by atoms with E-state index < -0.39 is 17.9 Å². The lowest BCUT2D eigenvalue weighted by Crippen LogP contribution is -2.49. The summed E-state index contributed by atoms with van der Waals surface area (Å²) < 4.78 is 5.92. The standard InChI is InChI=1S/C30H28N2O3/c1-2-27(35-26-20-18-23(19-21-26)22-12-6-3-7-13-22)29(33)31-32-30(34)28(24-14-8-4-9-15-24)25-16-10-5-11-17-25/h3-21,27-28H,2H2,1H3,(H,31,33)(H,32,34). The third-order valence-corrected chi connectivity index (χ3v) is 5.74. The van der Waals surface area contributed by atoms with Crippen molar-refractivity contribution >= 4 is 11.8 Å². The zero-order valence-corrected chi connectivity index (χ0v) is 19.6. The molecule has 1 atom stereocenters. The molecular formula is C30H28N2O3. The van der Waals surface area contributed by atoms with Crippen molar-refractivity contribution in [3.63, 3.8) is 0 Å². The van der Waals surface area contributed by atoms with Crippen molar-refractivity contribution in [2.75, 3.05) is 0 Å². The Hall–Kier alpha value is -4.38. The summed E-state index contributed by atoms with van der Waals surface area (Å²) in [7, 11) is 0. The Bertz CT molecular complexity index is 1190. The number of rotatable bonds is 8. The quantitative estimate of drug-likeness (QED) is 0.339. The number of ether oxygens (including phenoxy) is 1. The molecule has 1 unspecified atom stereocenters. The Labute approximate surface area is 205 Å². The number of nitrogens with one attached hydrogen (secondary N) is 2. The van der Waals surface area contributed by atoms with Crippen LogP contribution in [0.25, 0.3) is 11.1 Å². The molecule has 2 N–H and O–H groups in total. The second-order valence-corrected chi connectivity index (χ2v) is 8.14. The van der Waals surface area contributed by atoms with Gasteiger partial charge in [0.05, 0.1) is 5.92 Å². The molecule has 0 radical (unpaired) electrons. The molecule has 0 bridgehead atoms. The van der Waals surface area contributed by atoms with E-state index in [1.165, 1.54) is 0 Å². The van der Waals surface area contributed by atoms with Gasteiger partial charge in [0.15, 0.2) is 6.10 Å². The highest BCUT2D eigenvalue weighted by Gasteiger charge is 2.25. The minimum atomic E-state index is -0.746. The number of hydrazine groups is 1. The SMILES string of the molecule is CCC(Oc1ccc(-c2ccccc2)cc1)C(=O)NNC(=O)C(c1ccccc1)c1ccccc1. The summed E-state index contributed by atoms with van der Waals surface area (Å²) in [5, 5.41) is 0. The Morgan fingerprint density at radius 3 is 1.60 bits per heavy atom. The van der Waals surface area contributed by atoms with Crippen LogP contribution in [0.15, 0.2) is 115 Å². The summed E-state index contributed by atoms with van der Waals surface area (Å²) in [6, 6.07) is 36.6. The second kappa shape index (κ2) is 11.7. The lowest BCUT2D eigenvalue weighted by atomic mass is 9.91. The molecule has 0 aliphatic rings. The number of hydrogen-bond donors (Lipinski definition) is 2. The van der Waals surface area contributed by atoms with Crippen molar-refractivity contribution < 1.29 is 14.3 Å². The number of hydrogen-bond acceptors (Lipinski definition) is 3. The summed E-state index contributed by atoms with van der Waals surface area (Å²) in [4.78, 5) is 25.9. The monoisotopic (exact) mass is 464 g/mol. The van der Waals surface area contributed by atoms with Crippen LogP contribution < -0.4 is 15.6 Å². The smallest absolute Gasteiger partial charge is 0.279 e. The Kier molecular flexibility index (Phi) is 7.92. The van der Waals surface area contributed by atoms with Crippen LogP contribution in [0, 0.1) is 0 Å². The van der Waals surface area contributed by atoms with Crippen LogP contribution >= 0.6 is 0 Å². The molecule has 5 nitrogen and oxygen atoms in total. The van der Waals surface area contributed by atoms with Gasteiger partial charge in [-0.15, -0.1) is 0 Å². The zero-order valence-electron chi connectivity index (χ0n) is 19.6. The van der Waals surface area contributed by atoms with E-state index in [1.54, 1.807) is 0 Å². The van der Waals surface area contributed by atoms with Crippen LogP contribution in [-0.4, -0.2) is 17.9 Å². The average molecular weight is 465 g/mol. The molecule has 4 aromatic carbocycles. The first-order chi connectivity index (χ1) is 17.2. The van der Waals surface area contributed by atoms with Gasteiger partial charge in [-0.25, -0.2) is 0 Å². The minimum Gasteiger partial charge on any atom is -0.481 e. The van der Waals surface area contributed by atoms with E-state index >= 15 is 0 Å². The van der Waals surface area contributed by atoms with Crippen LogP contribution in [0.4, 0.5) is 0 Å². The van der Waals surface area contributed by atoms with Crippen molar-refractivity contribution in [2.24, 2.45) is 0 Å².